The number of thioether (sulfide) groups is 1. The summed E-state index contributed by atoms with van der Waals surface area (Å²) in [5.74, 6) is -0.376. The smallest absolute Gasteiger partial charge is 0.330 e. The first-order valence-corrected chi connectivity index (χ1v) is 11.3. The molecule has 1 saturated carbocycles. The number of hydrogen-bond acceptors (Lipinski definition) is 6. The number of amides is 2. The van der Waals surface area contributed by atoms with Crippen molar-refractivity contribution in [1.82, 2.24) is 4.98 Å². The van der Waals surface area contributed by atoms with Gasteiger partial charge in [0.25, 0.3) is 0 Å². The van der Waals surface area contributed by atoms with E-state index in [0.717, 1.165) is 35.6 Å². The maximum absolute atomic E-state index is 13.4. The molecule has 1 N–H and O–H groups in total. The van der Waals surface area contributed by atoms with E-state index in [1.807, 2.05) is 6.07 Å². The molecule has 0 atom stereocenters. The van der Waals surface area contributed by atoms with E-state index in [1.54, 1.807) is 37.4 Å². The van der Waals surface area contributed by atoms with E-state index in [9.17, 15) is 9.59 Å². The van der Waals surface area contributed by atoms with E-state index in [0.29, 0.717) is 15.9 Å². The van der Waals surface area contributed by atoms with E-state index < -0.39 is 5.97 Å². The molecule has 1 aromatic carbocycles. The minimum Gasteiger partial charge on any atom is -0.495 e. The molecule has 1 aromatic heterocycles. The summed E-state index contributed by atoms with van der Waals surface area (Å²) in [6.45, 7) is 0. The van der Waals surface area contributed by atoms with Crippen LogP contribution < -0.4 is 14.5 Å². The van der Waals surface area contributed by atoms with Gasteiger partial charge in [-0.05, 0) is 31.0 Å². The maximum Gasteiger partial charge on any atom is 0.330 e. The van der Waals surface area contributed by atoms with Gasteiger partial charge in [0.05, 0.1) is 28.3 Å². The number of carbonyl (C=O) groups is 2. The summed E-state index contributed by atoms with van der Waals surface area (Å²) in [6.07, 6.45) is 5.62. The summed E-state index contributed by atoms with van der Waals surface area (Å²) >= 11 is 8.79. The Morgan fingerprint density at radius 2 is 2.10 bits per heavy atom. The number of benzene rings is 1. The molecule has 7 nitrogen and oxygen atoms in total. The summed E-state index contributed by atoms with van der Waals surface area (Å²) in [5.41, 5.74) is 0.719. The van der Waals surface area contributed by atoms with Crippen molar-refractivity contribution >= 4 is 57.5 Å². The second-order valence-electron chi connectivity index (χ2n) is 6.61. The van der Waals surface area contributed by atoms with Crippen LogP contribution in [0.2, 0.25) is 5.02 Å². The van der Waals surface area contributed by atoms with Crippen LogP contribution in [0.4, 0.5) is 15.6 Å². The van der Waals surface area contributed by atoms with Gasteiger partial charge in [0.2, 0.25) is 0 Å². The third kappa shape index (κ3) is 5.15. The Bertz CT molecular complexity index is 886. The molecular weight excluding hydrogens is 434 g/mol. The van der Waals surface area contributed by atoms with E-state index in [4.69, 9.17) is 21.4 Å². The number of urea groups is 1. The van der Waals surface area contributed by atoms with E-state index in [2.05, 4.69) is 4.98 Å². The Hall–Kier alpha value is -1.97. The number of anilines is 2. The molecule has 0 radical (unpaired) electrons. The third-order valence-electron chi connectivity index (χ3n) is 4.69. The predicted octanol–water partition coefficient (Wildman–Crippen LogP) is 4.99. The lowest BCUT2D eigenvalue weighted by atomic mass is 10.2. The van der Waals surface area contributed by atoms with Crippen LogP contribution in [-0.4, -0.2) is 48.0 Å². The third-order valence-corrected chi connectivity index (χ3v) is 7.24. The maximum atomic E-state index is 13.4. The van der Waals surface area contributed by atoms with Crippen LogP contribution in [0.5, 0.6) is 5.75 Å². The van der Waals surface area contributed by atoms with Crippen molar-refractivity contribution in [2.45, 2.75) is 35.9 Å². The second-order valence-corrected chi connectivity index (χ2v) is 9.30. The molecule has 0 aliphatic heterocycles. The fourth-order valence-electron chi connectivity index (χ4n) is 3.29. The van der Waals surface area contributed by atoms with Crippen molar-refractivity contribution in [2.24, 2.45) is 0 Å². The van der Waals surface area contributed by atoms with Crippen molar-refractivity contribution in [3.05, 3.63) is 29.4 Å². The molecule has 2 amide bonds. The minimum absolute atomic E-state index is 0.0438. The molecule has 3 rings (SSSR count). The number of ether oxygens (including phenoxy) is 1. The molecule has 29 heavy (non-hydrogen) atoms. The number of thiazole rings is 1. The summed E-state index contributed by atoms with van der Waals surface area (Å²) in [6, 6.07) is 5.25. The van der Waals surface area contributed by atoms with Crippen LogP contribution in [-0.2, 0) is 4.79 Å². The number of hydrogen-bond donors (Lipinski definition) is 1. The topological polar surface area (TPSA) is 83.0 Å². The number of carboxylic acids is 1. The number of rotatable bonds is 7. The summed E-state index contributed by atoms with van der Waals surface area (Å²) in [5, 5.41) is 9.80. The largest absolute Gasteiger partial charge is 0.495 e. The molecular formula is C19H22ClN3O4S2. The predicted molar refractivity (Wildman–Crippen MR) is 117 cm³/mol. The Balaban J connectivity index is 1.84. The molecule has 0 spiro atoms. The number of methoxy groups -OCH3 is 1. The lowest BCUT2D eigenvalue weighted by Gasteiger charge is -2.32. The van der Waals surface area contributed by atoms with Crippen molar-refractivity contribution in [3.8, 4) is 5.75 Å². The summed E-state index contributed by atoms with van der Waals surface area (Å²) in [4.78, 5) is 31.8. The first-order valence-electron chi connectivity index (χ1n) is 9.11. The summed E-state index contributed by atoms with van der Waals surface area (Å²) in [7, 11) is 3.23. The highest BCUT2D eigenvalue weighted by Crippen LogP contribution is 2.36. The van der Waals surface area contributed by atoms with Gasteiger partial charge in [0, 0.05) is 18.8 Å². The lowest BCUT2D eigenvalue weighted by molar-refractivity contribution is -0.133. The second kappa shape index (κ2) is 9.69. The molecule has 1 aliphatic carbocycles. The Labute approximate surface area is 182 Å². The molecule has 156 valence electrons. The molecule has 1 fully saturated rings. The van der Waals surface area contributed by atoms with Crippen LogP contribution >= 0.6 is 34.7 Å². The van der Waals surface area contributed by atoms with Crippen LogP contribution in [0, 0.1) is 0 Å². The van der Waals surface area contributed by atoms with Gasteiger partial charge in [-0.2, -0.15) is 0 Å². The molecule has 0 unspecified atom stereocenters. The molecule has 1 heterocycles. The Morgan fingerprint density at radius 1 is 1.38 bits per heavy atom. The van der Waals surface area contributed by atoms with Gasteiger partial charge in [0.1, 0.15) is 5.75 Å². The molecule has 10 heteroatoms. The first kappa shape index (κ1) is 21.7. The number of halogens is 1. The van der Waals surface area contributed by atoms with Crippen molar-refractivity contribution in [3.63, 3.8) is 0 Å². The van der Waals surface area contributed by atoms with E-state index >= 15 is 0 Å². The summed E-state index contributed by atoms with van der Waals surface area (Å²) < 4.78 is 5.98. The SMILES string of the molecule is COc1ccc(N(C(=O)N(C)c2ncc(SCC(=O)O)s2)C2CCCC2)cc1Cl. The van der Waals surface area contributed by atoms with Gasteiger partial charge in [-0.15, -0.1) is 11.8 Å². The zero-order valence-corrected chi connectivity index (χ0v) is 18.5. The van der Waals surface area contributed by atoms with Crippen molar-refractivity contribution < 1.29 is 19.4 Å². The standard InChI is InChI=1S/C19H22ClN3O4S2/c1-22(18-21-10-17(29-18)28-11-16(24)25)19(26)23(12-5-3-4-6-12)13-7-8-15(27-2)14(20)9-13/h7-10,12H,3-6,11H2,1-2H3,(H,24,25). The average molecular weight is 456 g/mol. The highest BCUT2D eigenvalue weighted by molar-refractivity contribution is 8.01. The number of aliphatic carboxylic acids is 1. The Morgan fingerprint density at radius 3 is 2.72 bits per heavy atom. The number of carboxylic acid groups (broad SMARTS) is 1. The molecule has 0 saturated heterocycles. The van der Waals surface area contributed by atoms with Gasteiger partial charge in [0.15, 0.2) is 5.13 Å². The van der Waals surface area contributed by atoms with Gasteiger partial charge >= 0.3 is 12.0 Å². The van der Waals surface area contributed by atoms with Gasteiger partial charge in [-0.3, -0.25) is 14.6 Å². The molecule has 1 aliphatic rings. The van der Waals surface area contributed by atoms with Crippen molar-refractivity contribution in [2.75, 3.05) is 29.7 Å². The van der Waals surface area contributed by atoms with Crippen LogP contribution in [0.25, 0.3) is 0 Å². The van der Waals surface area contributed by atoms with Crippen LogP contribution in [0.15, 0.2) is 28.6 Å². The number of nitrogens with zero attached hydrogens (tertiary/aromatic N) is 3. The Kier molecular flexibility index (Phi) is 7.26. The average Bonchev–Trinajstić information content (AvgIpc) is 3.38. The fraction of sp³-hybridized carbons (Fsp3) is 0.421. The monoisotopic (exact) mass is 455 g/mol. The molecule has 2 aromatic rings. The first-order chi connectivity index (χ1) is 13.9. The lowest BCUT2D eigenvalue weighted by Crippen LogP contribution is -2.46. The zero-order valence-electron chi connectivity index (χ0n) is 16.1. The van der Waals surface area contributed by atoms with Crippen LogP contribution in [0.1, 0.15) is 25.7 Å². The van der Waals surface area contributed by atoms with Crippen LogP contribution in [0.3, 0.4) is 0 Å². The quantitative estimate of drug-likeness (QED) is 0.592. The van der Waals surface area contributed by atoms with Crippen molar-refractivity contribution in [1.29, 1.82) is 0 Å². The number of carbonyl (C=O) groups excluding carboxylic acids is 1. The van der Waals surface area contributed by atoms with Gasteiger partial charge in [-0.25, -0.2) is 9.78 Å². The normalized spacial score (nSPS) is 14.0. The zero-order chi connectivity index (χ0) is 21.0. The highest BCUT2D eigenvalue weighted by Gasteiger charge is 2.31. The highest BCUT2D eigenvalue weighted by atomic mass is 35.5. The minimum atomic E-state index is -0.891. The van der Waals surface area contributed by atoms with E-state index in [1.165, 1.54) is 28.0 Å². The van der Waals surface area contributed by atoms with E-state index in [-0.39, 0.29) is 17.8 Å². The molecule has 0 bridgehead atoms. The fourth-order valence-corrected chi connectivity index (χ4v) is 5.18. The van der Waals surface area contributed by atoms with Gasteiger partial charge in [-0.1, -0.05) is 35.8 Å². The van der Waals surface area contributed by atoms with Gasteiger partial charge < -0.3 is 9.84 Å². The number of aromatic nitrogens is 1.